The van der Waals surface area contributed by atoms with Crippen molar-refractivity contribution < 1.29 is 0 Å². The van der Waals surface area contributed by atoms with Gasteiger partial charge in [0.15, 0.2) is 0 Å². The largest absolute Gasteiger partial charge is 0.112 e. The molecular weight excluding hydrogens is 140 g/mol. The van der Waals surface area contributed by atoms with E-state index in [1.807, 2.05) is 6.08 Å². The fraction of sp³-hybridized carbons (Fsp3) is 0.167. The molecule has 1 rings (SSSR count). The summed E-state index contributed by atoms with van der Waals surface area (Å²) in [7, 11) is 0. The van der Waals surface area contributed by atoms with E-state index in [1.165, 1.54) is 0 Å². The Balaban J connectivity index is 2.74. The molecule has 0 amide bonds. The van der Waals surface area contributed by atoms with Crippen LogP contribution < -0.4 is 0 Å². The molecule has 1 atom stereocenters. The normalized spacial score (nSPS) is 26.6. The lowest BCUT2D eigenvalue weighted by Gasteiger charge is -2.02. The number of rotatable bonds is 0. The van der Waals surface area contributed by atoms with Crippen LogP contribution in [0.15, 0.2) is 18.2 Å². The second-order valence-electron chi connectivity index (χ2n) is 1.47. The van der Waals surface area contributed by atoms with Crippen molar-refractivity contribution in [2.24, 2.45) is 0 Å². The smallest absolute Gasteiger partial charge is 0.0870 e. The zero-order chi connectivity index (χ0) is 5.98. The first-order valence-electron chi connectivity index (χ1n) is 2.24. The molecular formula is C6H4ClS. The monoisotopic (exact) mass is 143 g/mol. The first-order chi connectivity index (χ1) is 3.80. The first kappa shape index (κ1) is 5.99. The van der Waals surface area contributed by atoms with Gasteiger partial charge in [0.25, 0.3) is 0 Å². The molecule has 2 heteroatoms. The summed E-state index contributed by atoms with van der Waals surface area (Å²) in [5, 5.41) is -0.0914. The molecule has 8 heavy (non-hydrogen) atoms. The van der Waals surface area contributed by atoms with Gasteiger partial charge in [0, 0.05) is 4.86 Å². The summed E-state index contributed by atoms with van der Waals surface area (Å²) in [4.78, 5) is 0.745. The Morgan fingerprint density at radius 2 is 2.50 bits per heavy atom. The molecule has 0 fully saturated rings. The van der Waals surface area contributed by atoms with Gasteiger partial charge in [0.1, 0.15) is 0 Å². The van der Waals surface area contributed by atoms with Gasteiger partial charge in [-0.3, -0.25) is 0 Å². The highest BCUT2D eigenvalue weighted by Crippen LogP contribution is 2.06. The van der Waals surface area contributed by atoms with E-state index in [2.05, 4.69) is 6.08 Å². The Morgan fingerprint density at radius 1 is 1.75 bits per heavy atom. The molecule has 0 spiro atoms. The van der Waals surface area contributed by atoms with Gasteiger partial charge in [-0.1, -0.05) is 24.4 Å². The minimum atomic E-state index is -0.0914. The second-order valence-corrected chi connectivity index (χ2v) is 2.42. The van der Waals surface area contributed by atoms with Crippen LogP contribution in [0.2, 0.25) is 0 Å². The fourth-order valence-electron chi connectivity index (χ4n) is 0.445. The maximum atomic E-state index is 5.67. The molecule has 1 unspecified atom stereocenters. The van der Waals surface area contributed by atoms with Gasteiger partial charge in [-0.25, -0.2) is 0 Å². The minimum absolute atomic E-state index is 0.0914. The summed E-state index contributed by atoms with van der Waals surface area (Å²) in [6.07, 6.45) is 8.13. The van der Waals surface area contributed by atoms with Crippen LogP contribution in [0.25, 0.3) is 0 Å². The van der Waals surface area contributed by atoms with Gasteiger partial charge in [-0.15, -0.1) is 11.6 Å². The molecule has 1 radical (unpaired) electrons. The van der Waals surface area contributed by atoms with Crippen molar-refractivity contribution in [3.05, 3.63) is 24.3 Å². The maximum absolute atomic E-state index is 5.67. The van der Waals surface area contributed by atoms with Crippen molar-refractivity contribution >= 4 is 28.7 Å². The van der Waals surface area contributed by atoms with Crippen LogP contribution >= 0.6 is 23.8 Å². The van der Waals surface area contributed by atoms with Crippen molar-refractivity contribution in [1.29, 1.82) is 0 Å². The number of thiocarbonyl (C=S) groups is 1. The molecule has 0 nitrogen and oxygen atoms in total. The molecule has 0 saturated heterocycles. The van der Waals surface area contributed by atoms with Crippen LogP contribution in [0.1, 0.15) is 0 Å². The third-order valence-corrected chi connectivity index (χ3v) is 1.74. The molecule has 1 aliphatic rings. The summed E-state index contributed by atoms with van der Waals surface area (Å²) in [6.45, 7) is 0. The van der Waals surface area contributed by atoms with E-state index in [4.69, 9.17) is 23.8 Å². The van der Waals surface area contributed by atoms with Crippen molar-refractivity contribution in [2.45, 2.75) is 5.38 Å². The molecule has 0 aromatic carbocycles. The average molecular weight is 144 g/mol. The highest BCUT2D eigenvalue weighted by molar-refractivity contribution is 7.81. The van der Waals surface area contributed by atoms with Crippen molar-refractivity contribution in [3.63, 3.8) is 0 Å². The molecule has 0 aromatic heterocycles. The second kappa shape index (κ2) is 2.42. The van der Waals surface area contributed by atoms with E-state index in [1.54, 1.807) is 12.2 Å². The zero-order valence-corrected chi connectivity index (χ0v) is 5.67. The SMILES string of the molecule is S=C1C=[C]C=CC1Cl. The van der Waals surface area contributed by atoms with Crippen molar-refractivity contribution in [1.82, 2.24) is 0 Å². The predicted octanol–water partition coefficient (Wildman–Crippen LogP) is 1.89. The molecule has 0 N–H and O–H groups in total. The Labute approximate surface area is 58.8 Å². The Hall–Kier alpha value is -0.140. The lowest BCUT2D eigenvalue weighted by molar-refractivity contribution is 1.49. The molecule has 41 valence electrons. The lowest BCUT2D eigenvalue weighted by atomic mass is 10.2. The van der Waals surface area contributed by atoms with Crippen LogP contribution in [0.4, 0.5) is 0 Å². The molecule has 0 aromatic rings. The number of halogens is 1. The third-order valence-electron chi connectivity index (χ3n) is 0.859. The molecule has 0 aliphatic heterocycles. The summed E-state index contributed by atoms with van der Waals surface area (Å²) >= 11 is 10.5. The van der Waals surface area contributed by atoms with E-state index < -0.39 is 0 Å². The first-order valence-corrected chi connectivity index (χ1v) is 3.09. The van der Waals surface area contributed by atoms with Gasteiger partial charge in [-0.2, -0.15) is 0 Å². The van der Waals surface area contributed by atoms with Gasteiger partial charge < -0.3 is 0 Å². The van der Waals surface area contributed by atoms with Crippen LogP contribution in [0, 0.1) is 6.08 Å². The van der Waals surface area contributed by atoms with E-state index in [-0.39, 0.29) is 5.38 Å². The minimum Gasteiger partial charge on any atom is -0.112 e. The standard InChI is InChI=1S/C6H4ClS/c7-5-3-1-2-4-6(5)8/h1,3-5H. The number of hydrogen-bond donors (Lipinski definition) is 0. The van der Waals surface area contributed by atoms with Crippen LogP contribution in [0.3, 0.4) is 0 Å². The molecule has 0 saturated carbocycles. The van der Waals surface area contributed by atoms with Gasteiger partial charge in [0.05, 0.1) is 5.38 Å². The van der Waals surface area contributed by atoms with Crippen molar-refractivity contribution in [2.75, 3.05) is 0 Å². The van der Waals surface area contributed by atoms with Crippen LogP contribution in [-0.2, 0) is 0 Å². The number of hydrogen-bond acceptors (Lipinski definition) is 1. The predicted molar refractivity (Wildman–Crippen MR) is 39.2 cm³/mol. The topological polar surface area (TPSA) is 0 Å². The van der Waals surface area contributed by atoms with E-state index in [0.29, 0.717) is 0 Å². The lowest BCUT2D eigenvalue weighted by Crippen LogP contribution is -2.07. The van der Waals surface area contributed by atoms with Crippen LogP contribution in [0.5, 0.6) is 0 Å². The summed E-state index contributed by atoms with van der Waals surface area (Å²) in [5.41, 5.74) is 0. The Bertz CT molecular complexity index is 158. The number of alkyl halides is 1. The molecule has 0 bridgehead atoms. The van der Waals surface area contributed by atoms with E-state index in [9.17, 15) is 0 Å². The molecule has 0 heterocycles. The fourth-order valence-corrected chi connectivity index (χ4v) is 0.727. The van der Waals surface area contributed by atoms with E-state index in [0.717, 1.165) is 4.86 Å². The molecule has 1 aliphatic carbocycles. The quantitative estimate of drug-likeness (QED) is 0.369. The van der Waals surface area contributed by atoms with Crippen molar-refractivity contribution in [3.8, 4) is 0 Å². The Morgan fingerprint density at radius 3 is 2.88 bits per heavy atom. The average Bonchev–Trinajstić information content (AvgIpc) is 1.77. The summed E-state index contributed by atoms with van der Waals surface area (Å²) in [5.74, 6) is 0. The maximum Gasteiger partial charge on any atom is 0.0870 e. The van der Waals surface area contributed by atoms with Gasteiger partial charge in [-0.05, 0) is 12.2 Å². The third kappa shape index (κ3) is 1.17. The summed E-state index contributed by atoms with van der Waals surface area (Å²) in [6, 6.07) is 0. The van der Waals surface area contributed by atoms with Crippen LogP contribution in [-0.4, -0.2) is 10.2 Å². The van der Waals surface area contributed by atoms with E-state index >= 15 is 0 Å². The zero-order valence-electron chi connectivity index (χ0n) is 4.10. The highest BCUT2D eigenvalue weighted by atomic mass is 35.5. The van der Waals surface area contributed by atoms with Gasteiger partial charge in [0.2, 0.25) is 0 Å². The summed E-state index contributed by atoms with van der Waals surface area (Å²) < 4.78 is 0. The Kier molecular flexibility index (Phi) is 1.81. The number of allylic oxidation sites excluding steroid dienone is 4. The highest BCUT2D eigenvalue weighted by Gasteiger charge is 2.04. The van der Waals surface area contributed by atoms with Gasteiger partial charge >= 0.3 is 0 Å².